The van der Waals surface area contributed by atoms with Crippen LogP contribution in [0.25, 0.3) is 33.1 Å². The van der Waals surface area contributed by atoms with Gasteiger partial charge in [0.05, 0.1) is 38.9 Å². The zero-order valence-corrected chi connectivity index (χ0v) is 53.8. The van der Waals surface area contributed by atoms with Crippen LogP contribution in [-0.4, -0.2) is 168 Å². The van der Waals surface area contributed by atoms with E-state index in [1.807, 2.05) is 51.0 Å². The van der Waals surface area contributed by atoms with Crippen LogP contribution in [0.4, 0.5) is 30.6 Å². The van der Waals surface area contributed by atoms with Gasteiger partial charge in [-0.2, -0.15) is 0 Å². The fraction of sp³-hybridized carbons (Fsp3) is 0.274. The number of nitrogens with zero attached hydrogens (tertiary/aromatic N) is 10. The van der Waals surface area contributed by atoms with Gasteiger partial charge >= 0.3 is 0 Å². The highest BCUT2D eigenvalue weighted by Gasteiger charge is 2.27. The van der Waals surface area contributed by atoms with Gasteiger partial charge < -0.3 is 64.7 Å². The lowest BCUT2D eigenvalue weighted by atomic mass is 10.2. The number of aromatic amines is 3. The van der Waals surface area contributed by atoms with E-state index < -0.39 is 17.5 Å². The smallest absolute Gasteiger partial charge is 0.246 e. The summed E-state index contributed by atoms with van der Waals surface area (Å²) in [4.78, 5) is 56.0. The molecule has 1 amide bonds. The van der Waals surface area contributed by atoms with E-state index >= 15 is 0 Å². The maximum Gasteiger partial charge on any atom is 0.246 e. The molecular weight excluding hydrogens is 1220 g/mol. The van der Waals surface area contributed by atoms with E-state index in [9.17, 15) is 18.0 Å². The van der Waals surface area contributed by atoms with E-state index in [1.165, 1.54) is 37.2 Å². The standard InChI is InChI=1S/C26H29FN6O.C24H22FN5O.C23H22FN5O2/c1-19(8-6-13-32(2)3)33-14-12-21(17-33)31-26-22-16-20(30-25(22)28-18-29-26)9-7-15-34-24-11-5-4-10-23(24)27;1-3-7-17(2)30-12-11-19(15-30)29-24-20-14-18(28-23(20)26-16-27-24)8-6-13-31-22-10-5-4-9-21(22)25;1-2-6-21(30)29-11-10-17(14-29)28-23-18-13-16(27-22(18)25-15-26-23)7-5-12-31-20-9-4-3-8-19(20)24/h4-6,8,10-11,16,18,21H,1,12-15,17H2,2-3H3,(H2,28,29,30,31);4-5,9-10,14,16,19H,2,11-13,15H2,1H3,(H2,26,27,28,29);2-4,6,8-9,13,15,17H,10-12,14H2,1H3,(H2,25,26,27,28)/b8-6+;;6-2+/t21-;19-;17-/m111/s1. The van der Waals surface area contributed by atoms with Gasteiger partial charge in [-0.1, -0.05) is 91.3 Å². The number of para-hydroxylation sites is 3. The molecular formula is C73H73F3N16O4. The van der Waals surface area contributed by atoms with E-state index in [1.54, 1.807) is 66.7 Å². The quantitative estimate of drug-likeness (QED) is 0.0267. The topological polar surface area (TPSA) is 219 Å². The van der Waals surface area contributed by atoms with E-state index in [0.29, 0.717) is 52.9 Å². The van der Waals surface area contributed by atoms with Gasteiger partial charge in [-0.25, -0.2) is 43.1 Å². The maximum absolute atomic E-state index is 13.6. The van der Waals surface area contributed by atoms with Gasteiger partial charge in [-0.15, -0.1) is 0 Å². The van der Waals surface area contributed by atoms with Crippen molar-refractivity contribution in [3.8, 4) is 64.6 Å². The molecule has 3 saturated heterocycles. The van der Waals surface area contributed by atoms with Crippen LogP contribution in [0.2, 0.25) is 0 Å². The highest BCUT2D eigenvalue weighted by Crippen LogP contribution is 2.28. The Morgan fingerprint density at radius 3 is 1.36 bits per heavy atom. The van der Waals surface area contributed by atoms with Gasteiger partial charge in [0.1, 0.15) is 73.2 Å². The summed E-state index contributed by atoms with van der Waals surface area (Å²) in [7, 11) is 4.09. The Morgan fingerprint density at radius 2 is 0.969 bits per heavy atom. The Balaban J connectivity index is 0.000000157. The first kappa shape index (κ1) is 67.2. The number of H-pyrrole nitrogens is 3. The number of anilines is 3. The van der Waals surface area contributed by atoms with Gasteiger partial charge in [0, 0.05) is 69.6 Å². The molecule has 3 atom stereocenters. The molecule has 490 valence electrons. The molecule has 0 saturated carbocycles. The van der Waals surface area contributed by atoms with Crippen molar-refractivity contribution < 1.29 is 32.2 Å². The number of nitrogens with one attached hydrogen (secondary N) is 6. The summed E-state index contributed by atoms with van der Waals surface area (Å²) in [6.07, 6.45) is 14.9. The van der Waals surface area contributed by atoms with Crippen LogP contribution in [-0.2, 0) is 4.79 Å². The van der Waals surface area contributed by atoms with Crippen molar-refractivity contribution in [2.24, 2.45) is 0 Å². The van der Waals surface area contributed by atoms with Crippen molar-refractivity contribution in [3.05, 3.63) is 193 Å². The van der Waals surface area contributed by atoms with Crippen LogP contribution in [0.3, 0.4) is 0 Å². The molecule has 23 heteroatoms. The normalized spacial score (nSPS) is 15.5. The maximum atomic E-state index is 13.6. The van der Waals surface area contributed by atoms with Gasteiger partial charge in [-0.05, 0) is 132 Å². The van der Waals surface area contributed by atoms with E-state index in [2.05, 4.69) is 148 Å². The molecule has 0 aliphatic carbocycles. The molecule has 9 heterocycles. The van der Waals surface area contributed by atoms with Gasteiger partial charge in [0.2, 0.25) is 5.91 Å². The third kappa shape index (κ3) is 18.6. The van der Waals surface area contributed by atoms with Crippen LogP contribution < -0.4 is 30.2 Å². The highest BCUT2D eigenvalue weighted by molar-refractivity contribution is 5.91. The number of allylic oxidation sites excluding steroid dienone is 3. The fourth-order valence-corrected chi connectivity index (χ4v) is 10.7. The predicted octanol–water partition coefficient (Wildman–Crippen LogP) is 10.3. The van der Waals surface area contributed by atoms with Crippen molar-refractivity contribution in [3.63, 3.8) is 0 Å². The first-order chi connectivity index (χ1) is 46.8. The minimum atomic E-state index is -0.418. The van der Waals surface area contributed by atoms with Crippen LogP contribution in [0.1, 0.15) is 50.2 Å². The second kappa shape index (κ2) is 33.3. The van der Waals surface area contributed by atoms with Crippen LogP contribution in [0.15, 0.2) is 159 Å². The molecule has 3 fully saturated rings. The lowest BCUT2D eigenvalue weighted by Gasteiger charge is -2.19. The average molecular weight is 1300 g/mol. The molecule has 0 unspecified atom stereocenters. The Morgan fingerprint density at radius 1 is 0.583 bits per heavy atom. The summed E-state index contributed by atoms with van der Waals surface area (Å²) in [6, 6.07) is 25.0. The summed E-state index contributed by atoms with van der Waals surface area (Å²) < 4.78 is 56.9. The van der Waals surface area contributed by atoms with E-state index in [4.69, 9.17) is 14.2 Å². The van der Waals surface area contributed by atoms with Crippen LogP contribution >= 0.6 is 0 Å². The first-order valence-electron chi connectivity index (χ1n) is 31.2. The number of hydrogen-bond acceptors (Lipinski definition) is 16. The van der Waals surface area contributed by atoms with E-state index in [0.717, 1.165) is 91.2 Å². The minimum absolute atomic E-state index is 0.0245. The summed E-state index contributed by atoms with van der Waals surface area (Å²) in [5, 5.41) is 13.0. The third-order valence-electron chi connectivity index (χ3n) is 15.4. The number of likely N-dealkylation sites (tertiary alicyclic amines) is 3. The number of carbonyl (C=O) groups is 1. The SMILES string of the molecule is C/C=C/C(=O)N1CC[C@@H](Nc2ncnc3[nH]c(C#CCOc4ccccc4F)cc23)C1.C=C(/C=C/CN(C)C)N1CC[C@@H](Nc2ncnc3[nH]c(C#CCOc4ccccc4F)cc23)C1.C=C(C#CC)N1CC[C@@H](Nc2ncnc3[nH]c(C#CCOc4ccccc4F)cc23)C1. The zero-order valence-electron chi connectivity index (χ0n) is 53.8. The Kier molecular flexibility index (Phi) is 23.3. The third-order valence-corrected chi connectivity index (χ3v) is 15.4. The van der Waals surface area contributed by atoms with Crippen molar-refractivity contribution in [2.75, 3.05) is 95.7 Å². The predicted molar refractivity (Wildman–Crippen MR) is 368 cm³/mol. The molecule has 9 aromatic rings. The average Bonchev–Trinajstić information content (AvgIpc) is 1.72. The van der Waals surface area contributed by atoms with Gasteiger partial charge in [0.15, 0.2) is 34.7 Å². The molecule has 3 aromatic carbocycles. The number of benzene rings is 3. The zero-order chi connectivity index (χ0) is 67.2. The number of carbonyl (C=O) groups excluding carboxylic acids is 1. The largest absolute Gasteiger partial charge is 0.478 e. The number of rotatable bonds is 18. The molecule has 20 nitrogen and oxygen atoms in total. The lowest BCUT2D eigenvalue weighted by molar-refractivity contribution is -0.125. The number of amides is 1. The molecule has 12 rings (SSSR count). The van der Waals surface area contributed by atoms with Gasteiger partial charge in [-0.3, -0.25) is 4.79 Å². The number of fused-ring (bicyclic) bond motifs is 3. The second-order valence-corrected chi connectivity index (χ2v) is 22.6. The molecule has 3 aliphatic heterocycles. The molecule has 6 aromatic heterocycles. The molecule has 0 spiro atoms. The molecule has 96 heavy (non-hydrogen) atoms. The number of hydrogen-bond donors (Lipinski definition) is 6. The summed E-state index contributed by atoms with van der Waals surface area (Å²) >= 11 is 0. The summed E-state index contributed by atoms with van der Waals surface area (Å²) in [6.45, 7) is 17.9. The Labute approximate surface area is 555 Å². The number of likely N-dealkylation sites (N-methyl/N-ethyl adjacent to an activating group) is 1. The molecule has 0 bridgehead atoms. The molecule has 6 N–H and O–H groups in total. The minimum Gasteiger partial charge on any atom is -0.478 e. The fourth-order valence-electron chi connectivity index (χ4n) is 10.7. The number of ether oxygens (including phenoxy) is 3. The van der Waals surface area contributed by atoms with Crippen molar-refractivity contribution in [1.82, 2.24) is 64.5 Å². The Bertz CT molecular complexity index is 4550. The van der Waals surface area contributed by atoms with Crippen LogP contribution in [0.5, 0.6) is 17.2 Å². The van der Waals surface area contributed by atoms with Crippen molar-refractivity contribution in [2.45, 2.75) is 51.2 Å². The van der Waals surface area contributed by atoms with Crippen molar-refractivity contribution >= 4 is 56.5 Å². The summed E-state index contributed by atoms with van der Waals surface area (Å²) in [5.74, 6) is 25.1. The first-order valence-corrected chi connectivity index (χ1v) is 31.2. The van der Waals surface area contributed by atoms with Gasteiger partial charge in [0.25, 0.3) is 0 Å². The second-order valence-electron chi connectivity index (χ2n) is 22.6. The Hall–Kier alpha value is -11.7. The highest BCUT2D eigenvalue weighted by atomic mass is 19.1. The number of halogens is 3. The summed E-state index contributed by atoms with van der Waals surface area (Å²) in [5.41, 5.74) is 5.99. The van der Waals surface area contributed by atoms with Crippen LogP contribution in [0, 0.1) is 64.8 Å². The molecule has 0 radical (unpaired) electrons. The lowest BCUT2D eigenvalue weighted by Crippen LogP contribution is -2.30. The molecule has 3 aliphatic rings. The van der Waals surface area contributed by atoms with E-state index in [-0.39, 0.29) is 61.1 Å². The van der Waals surface area contributed by atoms with Crippen molar-refractivity contribution in [1.29, 1.82) is 0 Å². The monoisotopic (exact) mass is 1290 g/mol. The number of aromatic nitrogens is 9.